The molecule has 0 saturated carbocycles. The minimum Gasteiger partial charge on any atom is -0.383 e. The lowest BCUT2D eigenvalue weighted by molar-refractivity contribution is 0.164. The summed E-state index contributed by atoms with van der Waals surface area (Å²) < 4.78 is 7.64. The second-order valence-electron chi connectivity index (χ2n) is 8.23. The maximum Gasteiger partial charge on any atom is 0.135 e. The minimum atomic E-state index is 0.259. The van der Waals surface area contributed by atoms with Gasteiger partial charge >= 0.3 is 0 Å². The summed E-state index contributed by atoms with van der Waals surface area (Å²) in [6, 6.07) is 4.78. The molecule has 3 aromatic heterocycles. The lowest BCUT2D eigenvalue weighted by Gasteiger charge is -2.18. The first-order chi connectivity index (χ1) is 13.8. The van der Waals surface area contributed by atoms with Crippen molar-refractivity contribution in [2.24, 2.45) is 0 Å². The third-order valence-corrected chi connectivity index (χ3v) is 5.61. The highest BCUT2D eigenvalue weighted by Gasteiger charge is 2.19. The predicted octanol–water partition coefficient (Wildman–Crippen LogP) is 5.65. The van der Waals surface area contributed by atoms with Crippen LogP contribution in [-0.2, 0) is 11.2 Å². The molecule has 0 radical (unpaired) electrons. The number of nitrogens with one attached hydrogen (secondary N) is 1. The summed E-state index contributed by atoms with van der Waals surface area (Å²) in [5.41, 5.74) is 9.05. The molecule has 0 saturated heterocycles. The number of ether oxygens (including phenoxy) is 1. The molecule has 156 valence electrons. The van der Waals surface area contributed by atoms with Gasteiger partial charge in [0.05, 0.1) is 29.4 Å². The number of aryl methyl sites for hydroxylation is 3. The molecule has 1 N–H and O–H groups in total. The molecule has 0 amide bonds. The molecule has 0 aromatic carbocycles. The van der Waals surface area contributed by atoms with Gasteiger partial charge < -0.3 is 14.6 Å². The third kappa shape index (κ3) is 3.88. The van der Waals surface area contributed by atoms with Crippen molar-refractivity contribution in [1.29, 1.82) is 0 Å². The van der Waals surface area contributed by atoms with E-state index in [2.05, 4.69) is 69.8 Å². The van der Waals surface area contributed by atoms with Gasteiger partial charge in [0.15, 0.2) is 0 Å². The van der Waals surface area contributed by atoms with E-state index in [0.717, 1.165) is 45.8 Å². The van der Waals surface area contributed by atoms with Crippen molar-refractivity contribution >= 4 is 16.9 Å². The van der Waals surface area contributed by atoms with Crippen LogP contribution in [0.1, 0.15) is 62.0 Å². The van der Waals surface area contributed by atoms with E-state index in [-0.39, 0.29) is 6.04 Å². The van der Waals surface area contributed by atoms with E-state index in [1.807, 2.05) is 7.05 Å². The smallest absolute Gasteiger partial charge is 0.135 e. The summed E-state index contributed by atoms with van der Waals surface area (Å²) in [5, 5.41) is 3.30. The first-order valence-corrected chi connectivity index (χ1v) is 10.5. The van der Waals surface area contributed by atoms with Gasteiger partial charge in [-0.1, -0.05) is 20.8 Å². The second kappa shape index (κ2) is 8.54. The van der Waals surface area contributed by atoms with E-state index in [4.69, 9.17) is 14.7 Å². The quantitative estimate of drug-likeness (QED) is 0.562. The lowest BCUT2D eigenvalue weighted by atomic mass is 9.97. The van der Waals surface area contributed by atoms with Crippen LogP contribution >= 0.6 is 0 Å². The Morgan fingerprint density at radius 3 is 2.41 bits per heavy atom. The third-order valence-electron chi connectivity index (χ3n) is 5.61. The fourth-order valence-electron chi connectivity index (χ4n) is 4.11. The molecular formula is C24H34N4O. The van der Waals surface area contributed by atoms with Crippen molar-refractivity contribution in [2.45, 2.75) is 59.9 Å². The number of hydrogen-bond acceptors (Lipinski definition) is 4. The van der Waals surface area contributed by atoms with Gasteiger partial charge in [0.25, 0.3) is 0 Å². The number of pyridine rings is 2. The van der Waals surface area contributed by atoms with Crippen LogP contribution in [-0.4, -0.2) is 35.3 Å². The van der Waals surface area contributed by atoms with Gasteiger partial charge in [-0.3, -0.25) is 0 Å². The predicted molar refractivity (Wildman–Crippen MR) is 122 cm³/mol. The molecule has 0 aliphatic rings. The van der Waals surface area contributed by atoms with E-state index in [0.29, 0.717) is 12.5 Å². The zero-order valence-electron chi connectivity index (χ0n) is 19.1. The summed E-state index contributed by atoms with van der Waals surface area (Å²) in [6.07, 6.45) is 3.14. The van der Waals surface area contributed by atoms with Gasteiger partial charge in [-0.05, 0) is 61.9 Å². The normalized spacial score (nSPS) is 12.7. The largest absolute Gasteiger partial charge is 0.383 e. The highest BCUT2D eigenvalue weighted by Crippen LogP contribution is 2.35. The van der Waals surface area contributed by atoms with Crippen LogP contribution in [0.15, 0.2) is 18.3 Å². The number of anilines is 1. The maximum absolute atomic E-state index is 5.37. The Balaban J connectivity index is 2.23. The molecule has 3 aromatic rings. The number of nitrogens with zero attached hydrogens (tertiary/aromatic N) is 3. The Morgan fingerprint density at radius 1 is 1.10 bits per heavy atom. The highest BCUT2D eigenvalue weighted by atomic mass is 16.5. The monoisotopic (exact) mass is 394 g/mol. The Labute approximate surface area is 174 Å². The Morgan fingerprint density at radius 2 is 1.83 bits per heavy atom. The fraction of sp³-hybridized carbons (Fsp3) is 0.500. The van der Waals surface area contributed by atoms with Crippen molar-refractivity contribution < 1.29 is 4.74 Å². The molecular weight excluding hydrogens is 360 g/mol. The van der Waals surface area contributed by atoms with Crippen LogP contribution in [0, 0.1) is 13.8 Å². The first kappa shape index (κ1) is 21.3. The molecule has 5 nitrogen and oxygen atoms in total. The van der Waals surface area contributed by atoms with Crippen molar-refractivity contribution in [1.82, 2.24) is 14.5 Å². The van der Waals surface area contributed by atoms with Gasteiger partial charge in [-0.25, -0.2) is 9.97 Å². The van der Waals surface area contributed by atoms with Crippen LogP contribution in [0.2, 0.25) is 0 Å². The standard InChI is InChI=1S/C24H34N4O/c1-9-18-11-19(24(25-7)27-21(18)14(2)3)22-15(4)10-20-23(26-22)16(5)12-28(20)17(6)13-29-8/h10-12,14,17H,9,13H2,1-8H3,(H,25,27). The molecule has 1 unspecified atom stereocenters. The number of methoxy groups -OCH3 is 1. The molecule has 0 bridgehead atoms. The first-order valence-electron chi connectivity index (χ1n) is 10.5. The van der Waals surface area contributed by atoms with Crippen LogP contribution < -0.4 is 5.32 Å². The van der Waals surface area contributed by atoms with E-state index < -0.39 is 0 Å². The van der Waals surface area contributed by atoms with Crippen LogP contribution in [0.5, 0.6) is 0 Å². The van der Waals surface area contributed by atoms with Crippen LogP contribution in [0.3, 0.4) is 0 Å². The topological polar surface area (TPSA) is 52.0 Å². The summed E-state index contributed by atoms with van der Waals surface area (Å²) in [4.78, 5) is 10.1. The van der Waals surface area contributed by atoms with Gasteiger partial charge in [0.1, 0.15) is 5.82 Å². The van der Waals surface area contributed by atoms with Gasteiger partial charge in [0.2, 0.25) is 0 Å². The van der Waals surface area contributed by atoms with Crippen LogP contribution in [0.4, 0.5) is 5.82 Å². The summed E-state index contributed by atoms with van der Waals surface area (Å²) in [6.45, 7) is 13.7. The zero-order valence-corrected chi connectivity index (χ0v) is 19.1. The van der Waals surface area contributed by atoms with Crippen LogP contribution in [0.25, 0.3) is 22.3 Å². The van der Waals surface area contributed by atoms with Crippen molar-refractivity contribution in [2.75, 3.05) is 26.1 Å². The van der Waals surface area contributed by atoms with Crippen molar-refractivity contribution in [3.8, 4) is 11.3 Å². The van der Waals surface area contributed by atoms with Crippen molar-refractivity contribution in [3.05, 3.63) is 40.7 Å². The van der Waals surface area contributed by atoms with Gasteiger partial charge in [-0.15, -0.1) is 0 Å². The van der Waals surface area contributed by atoms with Crippen molar-refractivity contribution in [3.63, 3.8) is 0 Å². The van der Waals surface area contributed by atoms with E-state index >= 15 is 0 Å². The van der Waals surface area contributed by atoms with E-state index in [1.165, 1.54) is 11.1 Å². The number of hydrogen-bond donors (Lipinski definition) is 1. The number of rotatable bonds is 7. The average molecular weight is 395 g/mol. The summed E-state index contributed by atoms with van der Waals surface area (Å²) in [5.74, 6) is 1.28. The fourth-order valence-corrected chi connectivity index (χ4v) is 4.11. The Kier molecular flexibility index (Phi) is 6.27. The molecule has 3 heterocycles. The molecule has 0 spiro atoms. The van der Waals surface area contributed by atoms with E-state index in [9.17, 15) is 0 Å². The maximum atomic E-state index is 5.37. The Bertz CT molecular complexity index is 1020. The molecule has 3 rings (SSSR count). The SMILES string of the molecule is CCc1cc(-c2nc3c(C)cn(C(C)COC)c3cc2C)c(NC)nc1C(C)C. The summed E-state index contributed by atoms with van der Waals surface area (Å²) in [7, 11) is 3.68. The molecule has 29 heavy (non-hydrogen) atoms. The highest BCUT2D eigenvalue weighted by molar-refractivity contribution is 5.86. The second-order valence-corrected chi connectivity index (χ2v) is 8.23. The average Bonchev–Trinajstić information content (AvgIpc) is 3.02. The lowest BCUT2D eigenvalue weighted by Crippen LogP contribution is -2.10. The molecule has 0 aliphatic carbocycles. The number of aromatic nitrogens is 3. The zero-order chi connectivity index (χ0) is 21.3. The number of fused-ring (bicyclic) bond motifs is 1. The minimum absolute atomic E-state index is 0.259. The van der Waals surface area contributed by atoms with E-state index in [1.54, 1.807) is 7.11 Å². The Hall–Kier alpha value is -2.40. The molecule has 0 aliphatic heterocycles. The van der Waals surface area contributed by atoms with Gasteiger partial charge in [-0.2, -0.15) is 0 Å². The molecule has 1 atom stereocenters. The molecule has 5 heteroatoms. The molecule has 0 fully saturated rings. The van der Waals surface area contributed by atoms with Gasteiger partial charge in [0, 0.05) is 31.6 Å². The summed E-state index contributed by atoms with van der Waals surface area (Å²) >= 11 is 0.